The maximum Gasteiger partial charge on any atom is 0.459 e. The zero-order valence-electron chi connectivity index (χ0n) is 10.4. The van der Waals surface area contributed by atoms with Crippen molar-refractivity contribution in [3.05, 3.63) is 11.8 Å². The maximum absolute atomic E-state index is 13.2. The van der Waals surface area contributed by atoms with Crippen LogP contribution in [-0.2, 0) is 9.53 Å². The molecule has 1 heterocycles. The van der Waals surface area contributed by atoms with Crippen molar-refractivity contribution in [2.75, 3.05) is 6.61 Å². The average Bonchev–Trinajstić information content (AvgIpc) is 2.39. The van der Waals surface area contributed by atoms with Crippen molar-refractivity contribution >= 4 is 5.97 Å². The monoisotopic (exact) mass is 287 g/mol. The Morgan fingerprint density at radius 3 is 2.42 bits per heavy atom. The summed E-state index contributed by atoms with van der Waals surface area (Å²) in [7, 11) is 0. The van der Waals surface area contributed by atoms with Gasteiger partial charge in [0.2, 0.25) is 0 Å². The second-order valence-electron chi connectivity index (χ2n) is 4.73. The number of rotatable bonds is 3. The van der Waals surface area contributed by atoms with Crippen LogP contribution in [0.15, 0.2) is 11.8 Å². The van der Waals surface area contributed by atoms with E-state index in [1.54, 1.807) is 13.8 Å². The normalized spacial score (nSPS) is 21.6. The molecule has 8 heteroatoms. The lowest BCUT2D eigenvalue weighted by Gasteiger charge is -2.26. The zero-order valence-corrected chi connectivity index (χ0v) is 10.4. The van der Waals surface area contributed by atoms with Gasteiger partial charge in [-0.25, -0.2) is 4.79 Å². The van der Waals surface area contributed by atoms with Gasteiger partial charge in [0.1, 0.15) is 6.61 Å². The van der Waals surface area contributed by atoms with E-state index < -0.39 is 29.8 Å². The first-order valence-corrected chi connectivity index (χ1v) is 5.64. The van der Waals surface area contributed by atoms with Crippen LogP contribution in [-0.4, -0.2) is 30.7 Å². The molecule has 0 aliphatic carbocycles. The lowest BCUT2D eigenvalue weighted by atomic mass is 10.0. The number of ether oxygens (including phenoxy) is 1. The van der Waals surface area contributed by atoms with Gasteiger partial charge in [-0.15, -0.1) is 0 Å². The number of allylic oxidation sites excluding steroid dienone is 1. The highest BCUT2D eigenvalue weighted by Gasteiger charge is 2.61. The van der Waals surface area contributed by atoms with Crippen LogP contribution in [0.4, 0.5) is 22.0 Å². The number of hydrogen-bond donors (Lipinski definition) is 1. The molecule has 0 saturated heterocycles. The maximum atomic E-state index is 13.2. The Labute approximate surface area is 106 Å². The molecule has 110 valence electrons. The molecular weight excluding hydrogens is 273 g/mol. The Bertz CT molecular complexity index is 376. The smallest absolute Gasteiger partial charge is 0.459 e. The standard InChI is InChI=1S/C11H14F5NO2/c1-6(2)3-7-5-19-9(18)4-8(17-7)10(12,13)11(14,15)16/h4,6-7,17H,3,5H2,1-2H3/t7-/m0/s1. The number of carbonyl (C=O) groups is 1. The van der Waals surface area contributed by atoms with E-state index in [1.165, 1.54) is 0 Å². The van der Waals surface area contributed by atoms with E-state index in [2.05, 4.69) is 10.1 Å². The highest BCUT2D eigenvalue weighted by Crippen LogP contribution is 2.40. The number of esters is 1. The van der Waals surface area contributed by atoms with Gasteiger partial charge in [-0.05, 0) is 12.3 Å². The summed E-state index contributed by atoms with van der Waals surface area (Å²) in [5.41, 5.74) is -1.46. The van der Waals surface area contributed by atoms with Crippen LogP contribution in [0, 0.1) is 5.92 Å². The third-order valence-electron chi connectivity index (χ3n) is 2.50. The summed E-state index contributed by atoms with van der Waals surface area (Å²) in [6, 6.07) is -0.772. The molecule has 1 rings (SSSR count). The van der Waals surface area contributed by atoms with Crippen LogP contribution < -0.4 is 5.32 Å². The molecule has 0 spiro atoms. The molecular formula is C11H14F5NO2. The fourth-order valence-electron chi connectivity index (χ4n) is 1.68. The van der Waals surface area contributed by atoms with Gasteiger partial charge >= 0.3 is 18.1 Å². The van der Waals surface area contributed by atoms with Crippen molar-refractivity contribution in [2.45, 2.75) is 38.4 Å². The Balaban J connectivity index is 2.99. The minimum atomic E-state index is -5.77. The lowest BCUT2D eigenvalue weighted by molar-refractivity contribution is -0.266. The predicted octanol–water partition coefficient (Wildman–Crippen LogP) is 2.63. The number of carbonyl (C=O) groups excluding carboxylic acids is 1. The number of alkyl halides is 5. The zero-order chi connectivity index (χ0) is 14.8. The van der Waals surface area contributed by atoms with Crippen LogP contribution in [0.1, 0.15) is 20.3 Å². The van der Waals surface area contributed by atoms with Crippen molar-refractivity contribution < 1.29 is 31.5 Å². The van der Waals surface area contributed by atoms with Gasteiger partial charge in [-0.3, -0.25) is 0 Å². The summed E-state index contributed by atoms with van der Waals surface area (Å²) in [6.45, 7) is 3.31. The van der Waals surface area contributed by atoms with Gasteiger partial charge < -0.3 is 10.1 Å². The van der Waals surface area contributed by atoms with Gasteiger partial charge in [0.05, 0.1) is 11.7 Å². The van der Waals surface area contributed by atoms with Crippen molar-refractivity contribution in [1.29, 1.82) is 0 Å². The first-order chi connectivity index (χ1) is 8.54. The molecule has 0 aromatic rings. The van der Waals surface area contributed by atoms with Gasteiger partial charge in [-0.2, -0.15) is 22.0 Å². The topological polar surface area (TPSA) is 38.3 Å². The number of cyclic esters (lactones) is 1. The van der Waals surface area contributed by atoms with Crippen LogP contribution in [0.5, 0.6) is 0 Å². The molecule has 19 heavy (non-hydrogen) atoms. The summed E-state index contributed by atoms with van der Waals surface area (Å²) >= 11 is 0. The van der Waals surface area contributed by atoms with Crippen molar-refractivity contribution in [3.63, 3.8) is 0 Å². The van der Waals surface area contributed by atoms with Gasteiger partial charge in [0, 0.05) is 6.08 Å². The van der Waals surface area contributed by atoms with Crippen LogP contribution in [0.2, 0.25) is 0 Å². The second-order valence-corrected chi connectivity index (χ2v) is 4.73. The molecule has 1 N–H and O–H groups in total. The lowest BCUT2D eigenvalue weighted by Crippen LogP contribution is -2.46. The average molecular weight is 287 g/mol. The molecule has 0 amide bonds. The molecule has 0 saturated carbocycles. The summed E-state index contributed by atoms with van der Waals surface area (Å²) in [6.07, 6.45) is -5.30. The minimum absolute atomic E-state index is 0.0510. The van der Waals surface area contributed by atoms with E-state index in [9.17, 15) is 26.7 Å². The molecule has 1 atom stereocenters. The molecule has 3 nitrogen and oxygen atoms in total. The molecule has 0 aromatic heterocycles. The van der Waals surface area contributed by atoms with E-state index in [-0.39, 0.29) is 18.6 Å². The Morgan fingerprint density at radius 1 is 1.37 bits per heavy atom. The third-order valence-corrected chi connectivity index (χ3v) is 2.50. The largest absolute Gasteiger partial charge is 0.460 e. The van der Waals surface area contributed by atoms with Crippen LogP contribution >= 0.6 is 0 Å². The third kappa shape index (κ3) is 3.81. The summed E-state index contributed by atoms with van der Waals surface area (Å²) in [4.78, 5) is 11.1. The molecule has 0 unspecified atom stereocenters. The van der Waals surface area contributed by atoms with Gasteiger partial charge in [0.25, 0.3) is 0 Å². The van der Waals surface area contributed by atoms with Crippen molar-refractivity contribution in [2.24, 2.45) is 5.92 Å². The van der Waals surface area contributed by atoms with E-state index in [1.807, 2.05) is 0 Å². The predicted molar refractivity (Wildman–Crippen MR) is 56.4 cm³/mol. The molecule has 0 fully saturated rings. The van der Waals surface area contributed by atoms with Gasteiger partial charge in [0.15, 0.2) is 0 Å². The molecule has 1 aliphatic rings. The molecule has 0 radical (unpaired) electrons. The number of hydrogen-bond acceptors (Lipinski definition) is 3. The van der Waals surface area contributed by atoms with Crippen LogP contribution in [0.3, 0.4) is 0 Å². The summed E-state index contributed by atoms with van der Waals surface area (Å²) in [5, 5.41) is 2.07. The summed E-state index contributed by atoms with van der Waals surface area (Å²) in [5.74, 6) is -6.27. The van der Waals surface area contributed by atoms with Crippen molar-refractivity contribution in [3.8, 4) is 0 Å². The first-order valence-electron chi connectivity index (χ1n) is 5.64. The van der Waals surface area contributed by atoms with E-state index in [0.29, 0.717) is 6.42 Å². The minimum Gasteiger partial charge on any atom is -0.460 e. The molecule has 0 bridgehead atoms. The highest BCUT2D eigenvalue weighted by molar-refractivity contribution is 5.83. The van der Waals surface area contributed by atoms with Gasteiger partial charge in [-0.1, -0.05) is 13.8 Å². The van der Waals surface area contributed by atoms with E-state index in [0.717, 1.165) is 0 Å². The summed E-state index contributed by atoms with van der Waals surface area (Å²) < 4.78 is 67.9. The molecule has 0 aromatic carbocycles. The fraction of sp³-hybridized carbons (Fsp3) is 0.727. The second kappa shape index (κ2) is 5.34. The number of nitrogens with one attached hydrogen (secondary N) is 1. The van der Waals surface area contributed by atoms with Crippen LogP contribution in [0.25, 0.3) is 0 Å². The quantitative estimate of drug-likeness (QED) is 0.640. The van der Waals surface area contributed by atoms with E-state index in [4.69, 9.17) is 0 Å². The Kier molecular flexibility index (Phi) is 4.42. The Morgan fingerprint density at radius 2 is 1.95 bits per heavy atom. The SMILES string of the molecule is CC(C)C[C@H]1COC(=O)C=C(C(F)(F)C(F)(F)F)N1. The first kappa shape index (κ1) is 15.7. The Hall–Kier alpha value is -1.34. The molecule has 1 aliphatic heterocycles. The highest BCUT2D eigenvalue weighted by atomic mass is 19.4. The van der Waals surface area contributed by atoms with E-state index >= 15 is 0 Å². The number of halogens is 5. The van der Waals surface area contributed by atoms with Crippen molar-refractivity contribution in [1.82, 2.24) is 5.32 Å². The fourth-order valence-corrected chi connectivity index (χ4v) is 1.68.